The molecular weight excluding hydrogens is 306 g/mol. The molecule has 2 aliphatic rings. The maximum absolute atomic E-state index is 12.8. The Kier molecular flexibility index (Phi) is 4.26. The molecule has 5 heteroatoms. The summed E-state index contributed by atoms with van der Waals surface area (Å²) in [5.41, 5.74) is 3.06. The number of amides is 2. The molecule has 2 amide bonds. The molecule has 1 aliphatic heterocycles. The van der Waals surface area contributed by atoms with Gasteiger partial charge in [-0.25, -0.2) is 4.79 Å². The van der Waals surface area contributed by atoms with Crippen molar-refractivity contribution in [2.75, 3.05) is 0 Å². The molecule has 1 heterocycles. The van der Waals surface area contributed by atoms with Gasteiger partial charge in [-0.3, -0.25) is 14.5 Å². The number of carbonyl (C=O) groups excluding carboxylic acids is 2. The fourth-order valence-corrected chi connectivity index (χ4v) is 3.71. The van der Waals surface area contributed by atoms with E-state index in [0.717, 1.165) is 21.6 Å². The predicted molar refractivity (Wildman–Crippen MR) is 88.0 cm³/mol. The van der Waals surface area contributed by atoms with Gasteiger partial charge in [-0.05, 0) is 32.3 Å². The van der Waals surface area contributed by atoms with Crippen molar-refractivity contribution in [3.05, 3.63) is 47.0 Å². The number of carboxylic acids is 1. The van der Waals surface area contributed by atoms with Crippen LogP contribution in [-0.4, -0.2) is 33.8 Å². The molecule has 24 heavy (non-hydrogen) atoms. The molecule has 0 saturated carbocycles. The van der Waals surface area contributed by atoms with Gasteiger partial charge in [-0.15, -0.1) is 0 Å². The maximum atomic E-state index is 12.8. The maximum Gasteiger partial charge on any atom is 0.327 e. The van der Waals surface area contributed by atoms with E-state index in [4.69, 9.17) is 0 Å². The summed E-state index contributed by atoms with van der Waals surface area (Å²) in [6, 6.07) is 7.96. The van der Waals surface area contributed by atoms with Crippen LogP contribution in [0.1, 0.15) is 32.3 Å². The lowest BCUT2D eigenvalue weighted by Gasteiger charge is -2.23. The number of fused-ring (bicyclic) bond motifs is 1. The highest BCUT2D eigenvalue weighted by atomic mass is 16.4. The molecule has 0 spiro atoms. The fourth-order valence-electron chi connectivity index (χ4n) is 3.71. The number of allylic oxidation sites excluding steroid dienone is 2. The van der Waals surface area contributed by atoms with E-state index in [1.807, 2.05) is 44.2 Å². The largest absolute Gasteiger partial charge is 0.480 e. The van der Waals surface area contributed by atoms with Gasteiger partial charge in [0.2, 0.25) is 11.8 Å². The van der Waals surface area contributed by atoms with E-state index in [1.165, 1.54) is 0 Å². The van der Waals surface area contributed by atoms with Gasteiger partial charge in [0.05, 0.1) is 11.8 Å². The normalized spacial score (nSPS) is 25.0. The number of carboxylic acid groups (broad SMARTS) is 1. The van der Waals surface area contributed by atoms with Crippen LogP contribution >= 0.6 is 0 Å². The van der Waals surface area contributed by atoms with E-state index < -0.39 is 23.8 Å². The number of benzene rings is 1. The third-order valence-electron chi connectivity index (χ3n) is 5.24. The van der Waals surface area contributed by atoms with Gasteiger partial charge in [-0.2, -0.15) is 0 Å². The summed E-state index contributed by atoms with van der Waals surface area (Å²) >= 11 is 0. The molecule has 1 aromatic rings. The average molecular weight is 327 g/mol. The van der Waals surface area contributed by atoms with Crippen molar-refractivity contribution in [2.24, 2.45) is 11.8 Å². The summed E-state index contributed by atoms with van der Waals surface area (Å²) in [4.78, 5) is 38.3. The number of likely N-dealkylation sites (tertiary alicyclic amines) is 1. The van der Waals surface area contributed by atoms with Crippen LogP contribution in [0.3, 0.4) is 0 Å². The van der Waals surface area contributed by atoms with Crippen molar-refractivity contribution in [1.82, 2.24) is 4.90 Å². The molecule has 1 saturated heterocycles. The molecule has 3 rings (SSSR count). The first kappa shape index (κ1) is 16.4. The highest BCUT2D eigenvalue weighted by Gasteiger charge is 2.52. The Labute approximate surface area is 141 Å². The number of aliphatic carboxylic acids is 1. The molecule has 0 aromatic heterocycles. The topological polar surface area (TPSA) is 74.7 Å². The Bertz CT molecular complexity index is 690. The zero-order chi connectivity index (χ0) is 17.4. The van der Waals surface area contributed by atoms with E-state index in [1.54, 1.807) is 0 Å². The zero-order valence-corrected chi connectivity index (χ0v) is 13.9. The molecule has 3 unspecified atom stereocenters. The Hall–Kier alpha value is -2.43. The van der Waals surface area contributed by atoms with E-state index in [2.05, 4.69) is 0 Å². The van der Waals surface area contributed by atoms with Gasteiger partial charge in [0, 0.05) is 6.42 Å². The molecule has 126 valence electrons. The van der Waals surface area contributed by atoms with Gasteiger partial charge in [0.1, 0.15) is 6.04 Å². The third kappa shape index (κ3) is 2.75. The van der Waals surface area contributed by atoms with Gasteiger partial charge in [0.15, 0.2) is 0 Å². The van der Waals surface area contributed by atoms with Crippen molar-refractivity contribution >= 4 is 17.8 Å². The van der Waals surface area contributed by atoms with Crippen LogP contribution in [0.25, 0.3) is 0 Å². The molecule has 1 aromatic carbocycles. The second-order valence-electron chi connectivity index (χ2n) is 6.77. The van der Waals surface area contributed by atoms with Crippen LogP contribution in [0.4, 0.5) is 0 Å². The molecular formula is C19H21NO4. The van der Waals surface area contributed by atoms with Crippen LogP contribution in [0.15, 0.2) is 41.5 Å². The minimum atomic E-state index is -1.14. The van der Waals surface area contributed by atoms with E-state index >= 15 is 0 Å². The van der Waals surface area contributed by atoms with E-state index in [-0.39, 0.29) is 18.2 Å². The summed E-state index contributed by atoms with van der Waals surface area (Å²) in [5, 5.41) is 9.61. The minimum absolute atomic E-state index is 0.137. The van der Waals surface area contributed by atoms with Crippen LogP contribution in [0.2, 0.25) is 0 Å². The monoisotopic (exact) mass is 327 g/mol. The first-order valence-corrected chi connectivity index (χ1v) is 8.19. The number of rotatable bonds is 4. The number of nitrogens with zero attached hydrogens (tertiary/aromatic N) is 1. The summed E-state index contributed by atoms with van der Waals surface area (Å²) in [6.45, 7) is 3.95. The van der Waals surface area contributed by atoms with E-state index in [0.29, 0.717) is 12.8 Å². The Morgan fingerprint density at radius 1 is 1.08 bits per heavy atom. The Morgan fingerprint density at radius 3 is 2.04 bits per heavy atom. The van der Waals surface area contributed by atoms with Crippen LogP contribution in [0, 0.1) is 11.8 Å². The molecule has 1 aliphatic carbocycles. The number of hydrogen-bond donors (Lipinski definition) is 1. The van der Waals surface area contributed by atoms with Crippen molar-refractivity contribution in [3.63, 3.8) is 0 Å². The minimum Gasteiger partial charge on any atom is -0.480 e. The van der Waals surface area contributed by atoms with Crippen molar-refractivity contribution in [1.29, 1.82) is 0 Å². The SMILES string of the molecule is CC1=C(C)CC2C(=O)N(C(Cc3ccccc3)C(=O)O)C(=O)C2C1. The van der Waals surface area contributed by atoms with Gasteiger partial charge < -0.3 is 5.11 Å². The number of imide groups is 1. The second kappa shape index (κ2) is 6.23. The van der Waals surface area contributed by atoms with Gasteiger partial charge in [-0.1, -0.05) is 41.5 Å². The predicted octanol–water partition coefficient (Wildman–Crippen LogP) is 2.41. The van der Waals surface area contributed by atoms with E-state index in [9.17, 15) is 19.5 Å². The molecule has 0 bridgehead atoms. The highest BCUT2D eigenvalue weighted by Crippen LogP contribution is 2.41. The van der Waals surface area contributed by atoms with Crippen LogP contribution in [0.5, 0.6) is 0 Å². The lowest BCUT2D eigenvalue weighted by Crippen LogP contribution is -2.46. The highest BCUT2D eigenvalue weighted by molar-refractivity contribution is 6.08. The summed E-state index contributed by atoms with van der Waals surface area (Å²) in [5.74, 6) is -2.61. The Morgan fingerprint density at radius 2 is 1.58 bits per heavy atom. The number of carbonyl (C=O) groups is 3. The van der Waals surface area contributed by atoms with Crippen LogP contribution < -0.4 is 0 Å². The standard InChI is InChI=1S/C19H21NO4/c1-11-8-14-15(9-12(11)2)18(22)20(17(14)21)16(19(23)24)10-13-6-4-3-5-7-13/h3-7,14-16H,8-10H2,1-2H3,(H,23,24). The fraction of sp³-hybridized carbons (Fsp3) is 0.421. The Balaban J connectivity index is 1.88. The number of hydrogen-bond acceptors (Lipinski definition) is 3. The van der Waals surface area contributed by atoms with Crippen molar-refractivity contribution in [3.8, 4) is 0 Å². The second-order valence-corrected chi connectivity index (χ2v) is 6.77. The summed E-state index contributed by atoms with van der Waals surface area (Å²) in [7, 11) is 0. The first-order valence-electron chi connectivity index (χ1n) is 8.19. The lowest BCUT2D eigenvalue weighted by molar-refractivity contribution is -0.155. The van der Waals surface area contributed by atoms with Crippen molar-refractivity contribution < 1.29 is 19.5 Å². The lowest BCUT2D eigenvalue weighted by atomic mass is 9.78. The molecule has 3 atom stereocenters. The van der Waals surface area contributed by atoms with Crippen LogP contribution in [-0.2, 0) is 20.8 Å². The molecule has 1 fully saturated rings. The molecule has 5 nitrogen and oxygen atoms in total. The summed E-state index contributed by atoms with van der Waals surface area (Å²) < 4.78 is 0. The molecule has 1 N–H and O–H groups in total. The van der Waals surface area contributed by atoms with Gasteiger partial charge in [0.25, 0.3) is 0 Å². The van der Waals surface area contributed by atoms with Gasteiger partial charge >= 0.3 is 5.97 Å². The smallest absolute Gasteiger partial charge is 0.327 e. The summed E-state index contributed by atoms with van der Waals surface area (Å²) in [6.07, 6.45) is 1.24. The zero-order valence-electron chi connectivity index (χ0n) is 13.9. The quantitative estimate of drug-likeness (QED) is 0.681. The third-order valence-corrected chi connectivity index (χ3v) is 5.24. The van der Waals surface area contributed by atoms with Crippen molar-refractivity contribution in [2.45, 2.75) is 39.2 Å². The average Bonchev–Trinajstić information content (AvgIpc) is 2.78. The molecule has 0 radical (unpaired) electrons. The first-order chi connectivity index (χ1) is 11.4.